The number of nitrogens with one attached hydrogen (secondary N) is 2. The average Bonchev–Trinajstić information content (AvgIpc) is 2.63. The van der Waals surface area contributed by atoms with Gasteiger partial charge in [-0.15, -0.1) is 0 Å². The molecule has 0 aliphatic rings. The molecule has 0 saturated carbocycles. The van der Waals surface area contributed by atoms with Crippen molar-refractivity contribution in [3.8, 4) is 0 Å². The molecule has 8 heteroatoms. The third kappa shape index (κ3) is 9.98. The summed E-state index contributed by atoms with van der Waals surface area (Å²) in [6, 6.07) is 7.07. The summed E-state index contributed by atoms with van der Waals surface area (Å²) >= 11 is 0. The Balaban J connectivity index is 2.46. The minimum Gasteiger partial charge on any atom is -0.370 e. The molecule has 0 aliphatic carbocycles. The van der Waals surface area contributed by atoms with Crippen LogP contribution in [0.4, 0.5) is 0 Å². The highest BCUT2D eigenvalue weighted by Gasteiger charge is 2.17. The highest BCUT2D eigenvalue weighted by Crippen LogP contribution is 2.11. The molecule has 8 nitrogen and oxygen atoms in total. The molecule has 0 aromatic heterocycles. The first kappa shape index (κ1) is 22.1. The van der Waals surface area contributed by atoms with Gasteiger partial charge in [0.15, 0.2) is 0 Å². The van der Waals surface area contributed by atoms with Crippen molar-refractivity contribution in [3.05, 3.63) is 35.4 Å². The summed E-state index contributed by atoms with van der Waals surface area (Å²) in [7, 11) is 0. The molecular formula is C19H28N4O4. The van der Waals surface area contributed by atoms with E-state index in [1.165, 1.54) is 0 Å². The number of primary amides is 2. The van der Waals surface area contributed by atoms with Gasteiger partial charge in [0.05, 0.1) is 0 Å². The van der Waals surface area contributed by atoms with Gasteiger partial charge in [-0.2, -0.15) is 0 Å². The predicted octanol–water partition coefficient (Wildman–Crippen LogP) is 0.271. The van der Waals surface area contributed by atoms with Crippen LogP contribution in [0.5, 0.6) is 0 Å². The fourth-order valence-corrected chi connectivity index (χ4v) is 2.67. The maximum absolute atomic E-state index is 12.2. The van der Waals surface area contributed by atoms with Crippen molar-refractivity contribution in [2.75, 3.05) is 0 Å². The van der Waals surface area contributed by atoms with Crippen LogP contribution in [-0.2, 0) is 32.1 Å². The van der Waals surface area contributed by atoms with Crippen molar-refractivity contribution in [1.82, 2.24) is 10.6 Å². The second-order valence-electron chi connectivity index (χ2n) is 6.41. The van der Waals surface area contributed by atoms with Gasteiger partial charge in [0, 0.05) is 19.4 Å². The number of benzene rings is 1. The number of aryl methyl sites for hydroxylation is 1. The van der Waals surface area contributed by atoms with E-state index in [1.54, 1.807) is 0 Å². The Labute approximate surface area is 159 Å². The first-order valence-electron chi connectivity index (χ1n) is 9.04. The van der Waals surface area contributed by atoms with Gasteiger partial charge in [-0.1, -0.05) is 30.7 Å². The second-order valence-corrected chi connectivity index (χ2v) is 6.41. The zero-order chi connectivity index (χ0) is 20.1. The number of amides is 4. The normalized spacial score (nSPS) is 11.4. The van der Waals surface area contributed by atoms with E-state index in [0.29, 0.717) is 19.4 Å². The minimum absolute atomic E-state index is 0.0180. The molecule has 4 amide bonds. The summed E-state index contributed by atoms with van der Waals surface area (Å²) in [6.07, 6.45) is 4.59. The van der Waals surface area contributed by atoms with Crippen molar-refractivity contribution in [3.63, 3.8) is 0 Å². The van der Waals surface area contributed by atoms with Gasteiger partial charge in [0.25, 0.3) is 0 Å². The molecule has 27 heavy (non-hydrogen) atoms. The van der Waals surface area contributed by atoms with Gasteiger partial charge in [0.2, 0.25) is 24.1 Å². The van der Waals surface area contributed by atoms with Gasteiger partial charge in [-0.25, -0.2) is 0 Å². The molecule has 1 atom stereocenters. The van der Waals surface area contributed by atoms with Crippen LogP contribution in [0.3, 0.4) is 0 Å². The molecular weight excluding hydrogens is 348 g/mol. The Morgan fingerprint density at radius 3 is 2.37 bits per heavy atom. The first-order valence-corrected chi connectivity index (χ1v) is 9.04. The highest BCUT2D eigenvalue weighted by atomic mass is 16.2. The quantitative estimate of drug-likeness (QED) is 0.273. The van der Waals surface area contributed by atoms with Crippen LogP contribution in [0.2, 0.25) is 0 Å². The zero-order valence-corrected chi connectivity index (χ0v) is 15.4. The first-order chi connectivity index (χ1) is 12.9. The molecule has 0 saturated heterocycles. The van der Waals surface area contributed by atoms with Crippen molar-refractivity contribution in [2.45, 2.75) is 57.5 Å². The lowest BCUT2D eigenvalue weighted by Gasteiger charge is -2.15. The fraction of sp³-hybridized carbons (Fsp3) is 0.474. The van der Waals surface area contributed by atoms with E-state index in [0.717, 1.165) is 36.8 Å². The van der Waals surface area contributed by atoms with E-state index in [9.17, 15) is 19.2 Å². The Kier molecular flexibility index (Phi) is 10.2. The molecule has 0 unspecified atom stereocenters. The van der Waals surface area contributed by atoms with Gasteiger partial charge in [-0.3, -0.25) is 19.2 Å². The summed E-state index contributed by atoms with van der Waals surface area (Å²) in [5, 5.41) is 5.16. The van der Waals surface area contributed by atoms with Crippen molar-refractivity contribution in [1.29, 1.82) is 0 Å². The van der Waals surface area contributed by atoms with Crippen molar-refractivity contribution < 1.29 is 19.2 Å². The van der Waals surface area contributed by atoms with Crippen LogP contribution in [0.15, 0.2) is 24.3 Å². The standard InChI is InChI=1S/C19H28N4O4/c20-17(25)8-3-1-2-5-14-6-4-7-15(11-14)12-22-19(27)16(23-13-24)9-10-18(21)26/h4,6-7,11,13,16H,1-3,5,8-10,12H2,(H2,20,25)(H2,21,26)(H,22,27)(H,23,24)/t16-/m0/s1. The van der Waals surface area contributed by atoms with Crippen LogP contribution < -0.4 is 22.1 Å². The Bertz CT molecular complexity index is 648. The lowest BCUT2D eigenvalue weighted by atomic mass is 10.0. The minimum atomic E-state index is -0.788. The van der Waals surface area contributed by atoms with Crippen molar-refractivity contribution >= 4 is 24.1 Å². The van der Waals surface area contributed by atoms with E-state index in [2.05, 4.69) is 10.6 Å². The predicted molar refractivity (Wildman–Crippen MR) is 101 cm³/mol. The summed E-state index contributed by atoms with van der Waals surface area (Å²) in [5.74, 6) is -1.16. The fourth-order valence-electron chi connectivity index (χ4n) is 2.67. The molecule has 148 valence electrons. The molecule has 0 radical (unpaired) electrons. The number of unbranched alkanes of at least 4 members (excludes halogenated alkanes) is 2. The summed E-state index contributed by atoms with van der Waals surface area (Å²) in [4.78, 5) is 44.4. The van der Waals surface area contributed by atoms with Crippen LogP contribution in [0.1, 0.15) is 49.7 Å². The van der Waals surface area contributed by atoms with Crippen LogP contribution in [-0.4, -0.2) is 30.2 Å². The van der Waals surface area contributed by atoms with E-state index >= 15 is 0 Å². The summed E-state index contributed by atoms with van der Waals surface area (Å²) in [6.45, 7) is 0.321. The number of hydrogen-bond donors (Lipinski definition) is 4. The van der Waals surface area contributed by atoms with Crippen molar-refractivity contribution in [2.24, 2.45) is 11.5 Å². The third-order valence-corrected chi connectivity index (χ3v) is 4.11. The highest BCUT2D eigenvalue weighted by molar-refractivity contribution is 5.84. The Hall–Kier alpha value is -2.90. The number of carbonyl (C=O) groups excluding carboxylic acids is 4. The van der Waals surface area contributed by atoms with Gasteiger partial charge in [-0.05, 0) is 36.8 Å². The van der Waals surface area contributed by atoms with E-state index < -0.39 is 11.9 Å². The van der Waals surface area contributed by atoms with Gasteiger partial charge in [0.1, 0.15) is 6.04 Å². The number of hydrogen-bond acceptors (Lipinski definition) is 4. The zero-order valence-electron chi connectivity index (χ0n) is 15.4. The summed E-state index contributed by atoms with van der Waals surface area (Å²) in [5.41, 5.74) is 12.3. The molecule has 6 N–H and O–H groups in total. The Morgan fingerprint density at radius 1 is 1.00 bits per heavy atom. The maximum atomic E-state index is 12.2. The lowest BCUT2D eigenvalue weighted by Crippen LogP contribution is -2.43. The maximum Gasteiger partial charge on any atom is 0.242 e. The van der Waals surface area contributed by atoms with Crippen LogP contribution in [0, 0.1) is 0 Å². The van der Waals surface area contributed by atoms with Crippen LogP contribution in [0.25, 0.3) is 0 Å². The van der Waals surface area contributed by atoms with Gasteiger partial charge >= 0.3 is 0 Å². The Morgan fingerprint density at radius 2 is 1.70 bits per heavy atom. The molecule has 0 fully saturated rings. The molecule has 0 spiro atoms. The van der Waals surface area contributed by atoms with E-state index in [-0.39, 0.29) is 24.7 Å². The smallest absolute Gasteiger partial charge is 0.242 e. The topological polar surface area (TPSA) is 144 Å². The molecule has 0 heterocycles. The SMILES string of the molecule is NC(=O)CCCCCc1cccc(CNC(=O)[C@H](CCC(N)=O)NC=O)c1. The summed E-state index contributed by atoms with van der Waals surface area (Å²) < 4.78 is 0. The van der Waals surface area contributed by atoms with Crippen LogP contribution >= 0.6 is 0 Å². The molecule has 1 rings (SSSR count). The molecule has 0 bridgehead atoms. The van der Waals surface area contributed by atoms with E-state index in [1.807, 2.05) is 24.3 Å². The monoisotopic (exact) mass is 376 g/mol. The van der Waals surface area contributed by atoms with Gasteiger partial charge < -0.3 is 22.1 Å². The number of carbonyl (C=O) groups is 4. The number of nitrogens with two attached hydrogens (primary N) is 2. The second kappa shape index (κ2) is 12.5. The molecule has 1 aromatic carbocycles. The average molecular weight is 376 g/mol. The molecule has 1 aromatic rings. The largest absolute Gasteiger partial charge is 0.370 e. The molecule has 0 aliphatic heterocycles. The van der Waals surface area contributed by atoms with E-state index in [4.69, 9.17) is 11.5 Å². The lowest BCUT2D eigenvalue weighted by molar-refractivity contribution is -0.126. The number of rotatable bonds is 14. The third-order valence-electron chi connectivity index (χ3n) is 4.11.